The van der Waals surface area contributed by atoms with Crippen molar-refractivity contribution in [2.75, 3.05) is 31.6 Å². The van der Waals surface area contributed by atoms with Crippen molar-refractivity contribution in [2.24, 2.45) is 11.8 Å². The molecule has 0 saturated carbocycles. The molecular weight excluding hydrogens is 433 g/mol. The number of hydrogen-bond donors (Lipinski definition) is 2. The van der Waals surface area contributed by atoms with Gasteiger partial charge in [0.05, 0.1) is 12.7 Å². The second-order valence-corrected chi connectivity index (χ2v) is 7.50. The third-order valence-electron chi connectivity index (χ3n) is 5.30. The van der Waals surface area contributed by atoms with E-state index in [4.69, 9.17) is 19.1 Å². The number of fused-ring (bicyclic) bond motifs is 1. The fourth-order valence-corrected chi connectivity index (χ4v) is 3.77. The van der Waals surface area contributed by atoms with Crippen molar-refractivity contribution in [2.45, 2.75) is 25.6 Å². The zero-order valence-corrected chi connectivity index (χ0v) is 17.2. The third-order valence-corrected chi connectivity index (χ3v) is 5.30. The van der Waals surface area contributed by atoms with Gasteiger partial charge in [-0.2, -0.15) is 13.2 Å². The normalized spacial score (nSPS) is 22.5. The Balaban J connectivity index is 0.000000360. The molecule has 0 radical (unpaired) electrons. The van der Waals surface area contributed by atoms with Gasteiger partial charge in [0, 0.05) is 37.9 Å². The number of hydrogen-bond acceptors (Lipinski definition) is 7. The number of aromatic nitrogens is 2. The molecule has 3 atom stereocenters. The van der Waals surface area contributed by atoms with Crippen LogP contribution in [0.15, 0.2) is 35.0 Å². The number of furan rings is 1. The van der Waals surface area contributed by atoms with E-state index < -0.39 is 12.1 Å². The van der Waals surface area contributed by atoms with E-state index in [-0.39, 0.29) is 12.0 Å². The minimum atomic E-state index is -5.08. The fraction of sp³-hybridized carbons (Fsp3) is 0.500. The lowest BCUT2D eigenvalue weighted by Gasteiger charge is -2.35. The molecule has 1 amide bonds. The SMILES string of the molecule is Cc1ccc(C(=O)N2CC[C@@H]3[C@@H](CO[C@H]3CNc3ncccn3)C2)o1.O=C(O)C(F)(F)F. The summed E-state index contributed by atoms with van der Waals surface area (Å²) in [6.45, 7) is 4.69. The molecule has 2 aliphatic heterocycles. The first-order valence-corrected chi connectivity index (χ1v) is 9.93. The average molecular weight is 456 g/mol. The van der Waals surface area contributed by atoms with Crippen molar-refractivity contribution in [3.05, 3.63) is 42.1 Å². The Morgan fingerprint density at radius 3 is 2.56 bits per heavy atom. The van der Waals surface area contributed by atoms with Gasteiger partial charge in [-0.25, -0.2) is 14.8 Å². The van der Waals surface area contributed by atoms with E-state index in [0.717, 1.165) is 25.3 Å². The van der Waals surface area contributed by atoms with E-state index >= 15 is 0 Å². The minimum absolute atomic E-state index is 0.0224. The van der Waals surface area contributed by atoms with Gasteiger partial charge in [0.15, 0.2) is 5.76 Å². The summed E-state index contributed by atoms with van der Waals surface area (Å²) in [5, 5.41) is 10.4. The van der Waals surface area contributed by atoms with Crippen molar-refractivity contribution in [1.29, 1.82) is 0 Å². The van der Waals surface area contributed by atoms with E-state index in [1.54, 1.807) is 24.5 Å². The molecule has 4 heterocycles. The number of piperidine rings is 1. The fourth-order valence-electron chi connectivity index (χ4n) is 3.77. The first kappa shape index (κ1) is 23.5. The lowest BCUT2D eigenvalue weighted by Crippen LogP contribution is -2.45. The first-order chi connectivity index (χ1) is 15.1. The number of ether oxygens (including phenoxy) is 1. The smallest absolute Gasteiger partial charge is 0.475 e. The molecule has 32 heavy (non-hydrogen) atoms. The minimum Gasteiger partial charge on any atom is -0.475 e. The third kappa shape index (κ3) is 5.96. The maximum Gasteiger partial charge on any atom is 0.490 e. The molecular formula is C20H23F3N4O5. The van der Waals surface area contributed by atoms with Crippen LogP contribution in [0, 0.1) is 18.8 Å². The standard InChI is InChI=1S/C18H22N4O3.C2HF3O2/c1-12-3-4-15(25-12)17(23)22-8-5-14-13(10-22)11-24-16(14)9-21-18-19-6-2-7-20-18;3-2(4,5)1(6)7/h2-4,6-7,13-14,16H,5,8-11H2,1H3,(H,19,20,21);(H,6,7)/t13-,14-,16+;/m1./s1. The molecule has 2 aromatic heterocycles. The highest BCUT2D eigenvalue weighted by Crippen LogP contribution is 2.35. The van der Waals surface area contributed by atoms with Crippen LogP contribution in [0.4, 0.5) is 19.1 Å². The van der Waals surface area contributed by atoms with Gasteiger partial charge < -0.3 is 24.5 Å². The number of halogens is 3. The van der Waals surface area contributed by atoms with E-state index in [0.29, 0.717) is 36.7 Å². The largest absolute Gasteiger partial charge is 0.490 e. The Kier molecular flexibility index (Phi) is 7.33. The van der Waals surface area contributed by atoms with E-state index in [9.17, 15) is 18.0 Å². The van der Waals surface area contributed by atoms with Crippen LogP contribution in [0.3, 0.4) is 0 Å². The molecule has 2 aromatic rings. The summed E-state index contributed by atoms with van der Waals surface area (Å²) in [6.07, 6.45) is -0.572. The Bertz CT molecular complexity index is 921. The summed E-state index contributed by atoms with van der Waals surface area (Å²) in [7, 11) is 0. The highest BCUT2D eigenvalue weighted by atomic mass is 19.4. The molecule has 174 valence electrons. The van der Waals surface area contributed by atoms with Crippen molar-refractivity contribution in [3.8, 4) is 0 Å². The van der Waals surface area contributed by atoms with Crippen LogP contribution < -0.4 is 5.32 Å². The molecule has 2 fully saturated rings. The summed E-state index contributed by atoms with van der Waals surface area (Å²) in [6, 6.07) is 5.37. The lowest BCUT2D eigenvalue weighted by atomic mass is 9.84. The summed E-state index contributed by atoms with van der Waals surface area (Å²) < 4.78 is 43.2. The van der Waals surface area contributed by atoms with E-state index in [2.05, 4.69) is 15.3 Å². The molecule has 4 rings (SSSR count). The van der Waals surface area contributed by atoms with Gasteiger partial charge in [0.2, 0.25) is 5.95 Å². The molecule has 0 aliphatic carbocycles. The van der Waals surface area contributed by atoms with Crippen LogP contribution in [0.2, 0.25) is 0 Å². The second-order valence-electron chi connectivity index (χ2n) is 7.50. The van der Waals surface area contributed by atoms with Gasteiger partial charge in [-0.15, -0.1) is 0 Å². The average Bonchev–Trinajstić information content (AvgIpc) is 3.38. The molecule has 12 heteroatoms. The summed E-state index contributed by atoms with van der Waals surface area (Å²) >= 11 is 0. The molecule has 2 saturated heterocycles. The molecule has 2 aliphatic rings. The predicted molar refractivity (Wildman–Crippen MR) is 105 cm³/mol. The Hall–Kier alpha value is -3.15. The second kappa shape index (κ2) is 9.98. The van der Waals surface area contributed by atoms with E-state index in [1.165, 1.54) is 0 Å². The highest BCUT2D eigenvalue weighted by Gasteiger charge is 2.42. The molecule has 2 N–H and O–H groups in total. The number of likely N-dealkylation sites (tertiary alicyclic amines) is 1. The quantitative estimate of drug-likeness (QED) is 0.721. The van der Waals surface area contributed by atoms with Crippen LogP contribution in [0.1, 0.15) is 22.7 Å². The summed E-state index contributed by atoms with van der Waals surface area (Å²) in [4.78, 5) is 31.7. The molecule has 0 unspecified atom stereocenters. The van der Waals surface area contributed by atoms with E-state index in [1.807, 2.05) is 17.9 Å². The lowest BCUT2D eigenvalue weighted by molar-refractivity contribution is -0.192. The Labute approximate surface area is 181 Å². The van der Waals surface area contributed by atoms with Gasteiger partial charge in [0.1, 0.15) is 5.76 Å². The van der Waals surface area contributed by atoms with Crippen molar-refractivity contribution < 1.29 is 37.0 Å². The molecule has 0 spiro atoms. The highest BCUT2D eigenvalue weighted by molar-refractivity contribution is 5.91. The van der Waals surface area contributed by atoms with Crippen LogP contribution in [0.5, 0.6) is 0 Å². The number of aryl methyl sites for hydroxylation is 1. The Morgan fingerprint density at radius 1 is 1.28 bits per heavy atom. The predicted octanol–water partition coefficient (Wildman–Crippen LogP) is 2.60. The molecule has 0 aromatic carbocycles. The number of nitrogens with zero attached hydrogens (tertiary/aromatic N) is 3. The number of aliphatic carboxylic acids is 1. The van der Waals surface area contributed by atoms with Gasteiger partial charge in [-0.3, -0.25) is 4.79 Å². The number of rotatable bonds is 4. The topological polar surface area (TPSA) is 118 Å². The number of carbonyl (C=O) groups is 2. The van der Waals surface area contributed by atoms with Crippen LogP contribution >= 0.6 is 0 Å². The zero-order valence-electron chi connectivity index (χ0n) is 17.2. The molecule has 9 nitrogen and oxygen atoms in total. The number of alkyl halides is 3. The number of carboxylic acid groups (broad SMARTS) is 1. The van der Waals surface area contributed by atoms with Crippen LogP contribution in [-0.2, 0) is 9.53 Å². The monoisotopic (exact) mass is 456 g/mol. The number of carbonyl (C=O) groups excluding carboxylic acids is 1. The Morgan fingerprint density at radius 2 is 1.97 bits per heavy atom. The maximum atomic E-state index is 12.6. The van der Waals surface area contributed by atoms with Gasteiger partial charge >= 0.3 is 12.1 Å². The van der Waals surface area contributed by atoms with Crippen molar-refractivity contribution in [3.63, 3.8) is 0 Å². The summed E-state index contributed by atoms with van der Waals surface area (Å²) in [5.41, 5.74) is 0. The maximum absolute atomic E-state index is 12.6. The number of nitrogens with one attached hydrogen (secondary N) is 1. The zero-order chi connectivity index (χ0) is 23.3. The van der Waals surface area contributed by atoms with Crippen LogP contribution in [-0.4, -0.2) is 70.4 Å². The van der Waals surface area contributed by atoms with Crippen molar-refractivity contribution >= 4 is 17.8 Å². The van der Waals surface area contributed by atoms with Crippen molar-refractivity contribution in [1.82, 2.24) is 14.9 Å². The van der Waals surface area contributed by atoms with Gasteiger partial charge in [0.25, 0.3) is 5.91 Å². The number of anilines is 1. The van der Waals surface area contributed by atoms with Gasteiger partial charge in [-0.05, 0) is 37.5 Å². The molecule has 0 bridgehead atoms. The van der Waals surface area contributed by atoms with Crippen LogP contribution in [0.25, 0.3) is 0 Å². The first-order valence-electron chi connectivity index (χ1n) is 9.93. The number of amides is 1. The summed E-state index contributed by atoms with van der Waals surface area (Å²) in [5.74, 6) is -0.143. The number of carboxylic acids is 1. The van der Waals surface area contributed by atoms with Gasteiger partial charge in [-0.1, -0.05) is 0 Å².